The molecule has 0 atom stereocenters. The second-order valence-corrected chi connectivity index (χ2v) is 3.58. The molecule has 6 heteroatoms. The fraction of sp³-hybridized carbons (Fsp3) is 0.300. The van der Waals surface area contributed by atoms with Gasteiger partial charge in [0, 0.05) is 19.2 Å². The van der Waals surface area contributed by atoms with Gasteiger partial charge in [0.1, 0.15) is 5.69 Å². The van der Waals surface area contributed by atoms with Gasteiger partial charge in [-0.25, -0.2) is 0 Å². The van der Waals surface area contributed by atoms with Gasteiger partial charge in [-0.1, -0.05) is 16.8 Å². The highest BCUT2D eigenvalue weighted by Crippen LogP contribution is 2.22. The van der Waals surface area contributed by atoms with Gasteiger partial charge in [0.05, 0.1) is 5.02 Å². The maximum atomic E-state index is 8.67. The molecule has 0 radical (unpaired) electrons. The van der Waals surface area contributed by atoms with Crippen molar-refractivity contribution in [1.29, 1.82) is 0 Å². The lowest BCUT2D eigenvalue weighted by Crippen LogP contribution is -1.90. The van der Waals surface area contributed by atoms with Gasteiger partial charge in [0.2, 0.25) is 11.7 Å². The number of hydrogen-bond donors (Lipinski definition) is 1. The molecule has 0 spiro atoms. The largest absolute Gasteiger partial charge is 0.396 e. The lowest BCUT2D eigenvalue weighted by atomic mass is 10.3. The van der Waals surface area contributed by atoms with Crippen molar-refractivity contribution >= 4 is 11.6 Å². The Bertz CT molecular complexity index is 473. The van der Waals surface area contributed by atoms with Crippen LogP contribution in [0.4, 0.5) is 0 Å². The van der Waals surface area contributed by atoms with Crippen molar-refractivity contribution in [3.05, 3.63) is 29.2 Å². The molecule has 5 nitrogen and oxygen atoms in total. The quantitative estimate of drug-likeness (QED) is 0.879. The van der Waals surface area contributed by atoms with Gasteiger partial charge >= 0.3 is 0 Å². The van der Waals surface area contributed by atoms with E-state index < -0.39 is 0 Å². The average molecular weight is 240 g/mol. The van der Waals surface area contributed by atoms with E-state index >= 15 is 0 Å². The molecular weight excluding hydrogens is 230 g/mol. The summed E-state index contributed by atoms with van der Waals surface area (Å²) in [6, 6.07) is 3.45. The number of nitrogens with zero attached hydrogens (tertiary/aromatic N) is 3. The summed E-state index contributed by atoms with van der Waals surface area (Å²) in [5.74, 6) is 0.851. The number of aliphatic hydroxyl groups excluding tert-OH is 1. The first kappa shape index (κ1) is 11.0. The predicted molar refractivity (Wildman–Crippen MR) is 57.9 cm³/mol. The van der Waals surface area contributed by atoms with Crippen LogP contribution in [-0.2, 0) is 6.42 Å². The van der Waals surface area contributed by atoms with Gasteiger partial charge in [0.25, 0.3) is 0 Å². The fourth-order valence-corrected chi connectivity index (χ4v) is 1.44. The normalized spacial score (nSPS) is 10.6. The van der Waals surface area contributed by atoms with Crippen LogP contribution in [0.3, 0.4) is 0 Å². The van der Waals surface area contributed by atoms with E-state index in [1.54, 1.807) is 18.3 Å². The average Bonchev–Trinajstić information content (AvgIpc) is 2.75. The van der Waals surface area contributed by atoms with Crippen LogP contribution in [-0.4, -0.2) is 26.8 Å². The maximum Gasteiger partial charge on any atom is 0.227 e. The van der Waals surface area contributed by atoms with Gasteiger partial charge in [-0.05, 0) is 18.6 Å². The van der Waals surface area contributed by atoms with Crippen molar-refractivity contribution in [3.8, 4) is 11.5 Å². The summed E-state index contributed by atoms with van der Waals surface area (Å²) in [5.41, 5.74) is 0.503. The topological polar surface area (TPSA) is 72.0 Å². The standard InChI is InChI=1S/C10H10ClN3O2/c11-7-3-1-5-12-9(7)10-13-8(16-14-10)4-2-6-15/h1,3,5,15H,2,4,6H2. The highest BCUT2D eigenvalue weighted by atomic mass is 35.5. The minimum Gasteiger partial charge on any atom is -0.396 e. The van der Waals surface area contributed by atoms with E-state index in [1.165, 1.54) is 0 Å². The van der Waals surface area contributed by atoms with Crippen molar-refractivity contribution in [2.45, 2.75) is 12.8 Å². The maximum absolute atomic E-state index is 8.67. The summed E-state index contributed by atoms with van der Waals surface area (Å²) < 4.78 is 5.01. The van der Waals surface area contributed by atoms with Crippen molar-refractivity contribution < 1.29 is 9.63 Å². The van der Waals surface area contributed by atoms with Crippen LogP contribution in [0.1, 0.15) is 12.3 Å². The molecule has 0 saturated heterocycles. The first-order chi connectivity index (χ1) is 7.81. The zero-order valence-electron chi connectivity index (χ0n) is 8.43. The number of aliphatic hydroxyl groups is 1. The van der Waals surface area contributed by atoms with E-state index in [4.69, 9.17) is 21.2 Å². The molecule has 2 aromatic rings. The van der Waals surface area contributed by atoms with E-state index in [-0.39, 0.29) is 6.61 Å². The monoisotopic (exact) mass is 239 g/mol. The van der Waals surface area contributed by atoms with Gasteiger partial charge < -0.3 is 9.63 Å². The Morgan fingerprint density at radius 1 is 1.44 bits per heavy atom. The summed E-state index contributed by atoms with van der Waals surface area (Å²) in [5, 5.41) is 12.9. The van der Waals surface area contributed by atoms with Gasteiger partial charge in [0.15, 0.2) is 0 Å². The van der Waals surface area contributed by atoms with Crippen LogP contribution in [0.2, 0.25) is 5.02 Å². The van der Waals surface area contributed by atoms with Crippen molar-refractivity contribution in [1.82, 2.24) is 15.1 Å². The van der Waals surface area contributed by atoms with Crippen LogP contribution in [0.25, 0.3) is 11.5 Å². The molecule has 0 aliphatic heterocycles. The Balaban J connectivity index is 2.22. The van der Waals surface area contributed by atoms with Crippen molar-refractivity contribution in [3.63, 3.8) is 0 Å². The molecule has 16 heavy (non-hydrogen) atoms. The summed E-state index contributed by atoms with van der Waals surface area (Å²) in [7, 11) is 0. The number of halogens is 1. The minimum atomic E-state index is 0.0993. The summed E-state index contributed by atoms with van der Waals surface area (Å²) >= 11 is 5.95. The van der Waals surface area contributed by atoms with Crippen LogP contribution in [0, 0.1) is 0 Å². The molecule has 84 valence electrons. The second kappa shape index (κ2) is 5.05. The minimum absolute atomic E-state index is 0.0993. The van der Waals surface area contributed by atoms with Crippen LogP contribution < -0.4 is 0 Å². The molecule has 0 bridgehead atoms. The molecule has 0 unspecified atom stereocenters. The Hall–Kier alpha value is -1.46. The third-order valence-corrected chi connectivity index (χ3v) is 2.29. The highest BCUT2D eigenvalue weighted by molar-refractivity contribution is 6.32. The lowest BCUT2D eigenvalue weighted by Gasteiger charge is -1.94. The van der Waals surface area contributed by atoms with Gasteiger partial charge in [-0.15, -0.1) is 0 Å². The number of aryl methyl sites for hydroxylation is 1. The van der Waals surface area contributed by atoms with Gasteiger partial charge in [-0.2, -0.15) is 4.98 Å². The summed E-state index contributed by atoms with van der Waals surface area (Å²) in [4.78, 5) is 8.22. The fourth-order valence-electron chi connectivity index (χ4n) is 1.23. The van der Waals surface area contributed by atoms with E-state index in [0.717, 1.165) is 0 Å². The van der Waals surface area contributed by atoms with Crippen LogP contribution >= 0.6 is 11.6 Å². The van der Waals surface area contributed by atoms with E-state index in [9.17, 15) is 0 Å². The summed E-state index contributed by atoms with van der Waals surface area (Å²) in [6.07, 6.45) is 2.76. The molecule has 0 aliphatic carbocycles. The summed E-state index contributed by atoms with van der Waals surface area (Å²) in [6.45, 7) is 0.0993. The first-order valence-corrected chi connectivity index (χ1v) is 5.23. The first-order valence-electron chi connectivity index (χ1n) is 4.85. The van der Waals surface area contributed by atoms with Gasteiger partial charge in [-0.3, -0.25) is 4.98 Å². The molecule has 0 fully saturated rings. The van der Waals surface area contributed by atoms with E-state index in [1.807, 2.05) is 0 Å². The molecule has 2 aromatic heterocycles. The van der Waals surface area contributed by atoms with E-state index in [0.29, 0.717) is 35.3 Å². The zero-order valence-corrected chi connectivity index (χ0v) is 9.18. The third kappa shape index (κ3) is 2.37. The number of aromatic nitrogens is 3. The zero-order chi connectivity index (χ0) is 11.4. The Labute approximate surface area is 97.1 Å². The SMILES string of the molecule is OCCCc1nc(-c2ncccc2Cl)no1. The Morgan fingerprint density at radius 2 is 2.31 bits per heavy atom. The predicted octanol–water partition coefficient (Wildman–Crippen LogP) is 1.71. The van der Waals surface area contributed by atoms with Crippen LogP contribution in [0.5, 0.6) is 0 Å². The molecule has 0 saturated carbocycles. The Morgan fingerprint density at radius 3 is 3.06 bits per heavy atom. The molecule has 2 rings (SSSR count). The number of hydrogen-bond acceptors (Lipinski definition) is 5. The Kier molecular flexibility index (Phi) is 3.48. The second-order valence-electron chi connectivity index (χ2n) is 3.17. The highest BCUT2D eigenvalue weighted by Gasteiger charge is 2.12. The molecular formula is C10H10ClN3O2. The number of pyridine rings is 1. The molecule has 0 amide bonds. The smallest absolute Gasteiger partial charge is 0.227 e. The molecule has 0 aliphatic rings. The molecule has 1 N–H and O–H groups in total. The number of rotatable bonds is 4. The van der Waals surface area contributed by atoms with Crippen molar-refractivity contribution in [2.75, 3.05) is 6.61 Å². The molecule has 0 aromatic carbocycles. The van der Waals surface area contributed by atoms with Crippen molar-refractivity contribution in [2.24, 2.45) is 0 Å². The molecule has 2 heterocycles. The lowest BCUT2D eigenvalue weighted by molar-refractivity contribution is 0.278. The van der Waals surface area contributed by atoms with Crippen LogP contribution in [0.15, 0.2) is 22.9 Å². The van der Waals surface area contributed by atoms with E-state index in [2.05, 4.69) is 15.1 Å². The third-order valence-electron chi connectivity index (χ3n) is 1.99.